The first-order chi connectivity index (χ1) is 9.83. The summed E-state index contributed by atoms with van der Waals surface area (Å²) in [6.07, 6.45) is 1.79. The van der Waals surface area contributed by atoms with Crippen molar-refractivity contribution in [1.82, 2.24) is 9.88 Å². The highest BCUT2D eigenvalue weighted by atomic mass is 16.5. The monoisotopic (exact) mass is 273 g/mol. The molecular weight excluding hydrogens is 254 g/mol. The van der Waals surface area contributed by atoms with Crippen LogP contribution in [0.3, 0.4) is 0 Å². The standard InChI is InChI=1S/C15H19N3O2/c19-13-2-1-12-3-4-16-15(14(12)11-13)17-5-6-18-7-9-20-10-8-18/h1-4,11,19H,5-10H2,(H,16,17). The number of aromatic hydroxyl groups is 1. The van der Waals surface area contributed by atoms with Gasteiger partial charge in [-0.1, -0.05) is 6.07 Å². The molecule has 5 nitrogen and oxygen atoms in total. The van der Waals surface area contributed by atoms with Crippen LogP contribution in [0.2, 0.25) is 0 Å². The third-order valence-electron chi connectivity index (χ3n) is 3.57. The molecule has 2 N–H and O–H groups in total. The second kappa shape index (κ2) is 6.07. The van der Waals surface area contributed by atoms with Crippen molar-refractivity contribution < 1.29 is 9.84 Å². The van der Waals surface area contributed by atoms with Gasteiger partial charge in [0.1, 0.15) is 11.6 Å². The molecule has 1 aromatic heterocycles. The number of rotatable bonds is 4. The van der Waals surface area contributed by atoms with E-state index in [1.807, 2.05) is 12.1 Å². The summed E-state index contributed by atoms with van der Waals surface area (Å²) in [5.74, 6) is 1.09. The maximum atomic E-state index is 9.61. The first-order valence-corrected chi connectivity index (χ1v) is 6.95. The Morgan fingerprint density at radius 2 is 2.10 bits per heavy atom. The number of anilines is 1. The SMILES string of the molecule is Oc1ccc2ccnc(NCCN3CCOCC3)c2c1. The number of nitrogens with zero attached hydrogens (tertiary/aromatic N) is 2. The van der Waals surface area contributed by atoms with Gasteiger partial charge in [-0.25, -0.2) is 4.98 Å². The van der Waals surface area contributed by atoms with Crippen molar-refractivity contribution in [3.8, 4) is 5.75 Å². The Morgan fingerprint density at radius 3 is 2.95 bits per heavy atom. The quantitative estimate of drug-likeness (QED) is 0.887. The lowest BCUT2D eigenvalue weighted by Gasteiger charge is -2.26. The van der Waals surface area contributed by atoms with Gasteiger partial charge in [0.15, 0.2) is 0 Å². The molecule has 2 heterocycles. The van der Waals surface area contributed by atoms with Gasteiger partial charge in [0.25, 0.3) is 0 Å². The molecule has 0 unspecified atom stereocenters. The van der Waals surface area contributed by atoms with Gasteiger partial charge in [-0.2, -0.15) is 0 Å². The molecule has 0 amide bonds. The number of benzene rings is 1. The molecule has 1 aliphatic rings. The zero-order valence-corrected chi connectivity index (χ0v) is 11.4. The molecule has 0 spiro atoms. The van der Waals surface area contributed by atoms with Gasteiger partial charge in [0.2, 0.25) is 0 Å². The van der Waals surface area contributed by atoms with E-state index in [0.717, 1.165) is 56.0 Å². The summed E-state index contributed by atoms with van der Waals surface area (Å²) >= 11 is 0. The number of morpholine rings is 1. The predicted molar refractivity (Wildman–Crippen MR) is 79.2 cm³/mol. The van der Waals surface area contributed by atoms with Crippen LogP contribution in [0.4, 0.5) is 5.82 Å². The van der Waals surface area contributed by atoms with Crippen molar-refractivity contribution in [3.05, 3.63) is 30.5 Å². The van der Waals surface area contributed by atoms with E-state index in [4.69, 9.17) is 4.74 Å². The molecule has 20 heavy (non-hydrogen) atoms. The largest absolute Gasteiger partial charge is 0.508 e. The van der Waals surface area contributed by atoms with Crippen LogP contribution in [0.1, 0.15) is 0 Å². The summed E-state index contributed by atoms with van der Waals surface area (Å²) in [4.78, 5) is 6.74. The minimum atomic E-state index is 0.265. The number of fused-ring (bicyclic) bond motifs is 1. The minimum absolute atomic E-state index is 0.265. The Labute approximate surface area is 118 Å². The van der Waals surface area contributed by atoms with Gasteiger partial charge in [-0.05, 0) is 23.6 Å². The summed E-state index contributed by atoms with van der Waals surface area (Å²) < 4.78 is 5.33. The highest BCUT2D eigenvalue weighted by Gasteiger charge is 2.10. The molecule has 1 aliphatic heterocycles. The molecule has 0 atom stereocenters. The summed E-state index contributed by atoms with van der Waals surface area (Å²) in [5, 5.41) is 15.0. The summed E-state index contributed by atoms with van der Waals surface area (Å²) in [7, 11) is 0. The second-order valence-corrected chi connectivity index (χ2v) is 4.95. The first kappa shape index (κ1) is 13.1. The maximum Gasteiger partial charge on any atom is 0.133 e. The summed E-state index contributed by atoms with van der Waals surface area (Å²) in [5.41, 5.74) is 0. The topological polar surface area (TPSA) is 57.6 Å². The third kappa shape index (κ3) is 3.00. The molecule has 106 valence electrons. The van der Waals surface area contributed by atoms with Crippen LogP contribution in [0, 0.1) is 0 Å². The van der Waals surface area contributed by atoms with E-state index in [0.29, 0.717) is 0 Å². The van der Waals surface area contributed by atoms with E-state index >= 15 is 0 Å². The number of pyridine rings is 1. The van der Waals surface area contributed by atoms with Crippen molar-refractivity contribution >= 4 is 16.6 Å². The number of ether oxygens (including phenoxy) is 1. The van der Waals surface area contributed by atoms with Gasteiger partial charge in [-0.15, -0.1) is 0 Å². The number of nitrogens with one attached hydrogen (secondary N) is 1. The highest BCUT2D eigenvalue weighted by molar-refractivity contribution is 5.92. The molecule has 5 heteroatoms. The molecule has 1 saturated heterocycles. The number of hydrogen-bond acceptors (Lipinski definition) is 5. The number of phenols is 1. The van der Waals surface area contributed by atoms with Crippen LogP contribution >= 0.6 is 0 Å². The Bertz CT molecular complexity index is 582. The van der Waals surface area contributed by atoms with Crippen LogP contribution in [0.5, 0.6) is 5.75 Å². The van der Waals surface area contributed by atoms with Gasteiger partial charge >= 0.3 is 0 Å². The van der Waals surface area contributed by atoms with Gasteiger partial charge in [0, 0.05) is 37.8 Å². The Balaban J connectivity index is 1.66. The normalized spacial score (nSPS) is 16.4. The molecule has 1 fully saturated rings. The number of hydrogen-bond donors (Lipinski definition) is 2. The van der Waals surface area contributed by atoms with Gasteiger partial charge in [0.05, 0.1) is 13.2 Å². The van der Waals surface area contributed by atoms with Crippen LogP contribution in [-0.4, -0.2) is 54.4 Å². The summed E-state index contributed by atoms with van der Waals surface area (Å²) in [6, 6.07) is 7.29. The lowest BCUT2D eigenvalue weighted by molar-refractivity contribution is 0.0398. The molecule has 1 aromatic carbocycles. The molecule has 3 rings (SSSR count). The number of phenolic OH excluding ortho intramolecular Hbond substituents is 1. The van der Waals surface area contributed by atoms with Crippen molar-refractivity contribution in [3.63, 3.8) is 0 Å². The van der Waals surface area contributed by atoms with E-state index in [2.05, 4.69) is 15.2 Å². The minimum Gasteiger partial charge on any atom is -0.508 e. The molecular formula is C15H19N3O2. The molecule has 0 bridgehead atoms. The Hall–Kier alpha value is -1.85. The Morgan fingerprint density at radius 1 is 1.25 bits per heavy atom. The predicted octanol–water partition coefficient (Wildman–Crippen LogP) is 1.68. The van der Waals surface area contributed by atoms with Crippen LogP contribution in [0.25, 0.3) is 10.8 Å². The van der Waals surface area contributed by atoms with Gasteiger partial charge < -0.3 is 15.2 Å². The average molecular weight is 273 g/mol. The molecule has 0 radical (unpaired) electrons. The van der Waals surface area contributed by atoms with Crippen LogP contribution in [0.15, 0.2) is 30.5 Å². The molecule has 0 saturated carbocycles. The van der Waals surface area contributed by atoms with E-state index in [9.17, 15) is 5.11 Å². The fourth-order valence-corrected chi connectivity index (χ4v) is 2.45. The van der Waals surface area contributed by atoms with Crippen LogP contribution < -0.4 is 5.32 Å². The molecule has 0 aliphatic carbocycles. The fraction of sp³-hybridized carbons (Fsp3) is 0.400. The maximum absolute atomic E-state index is 9.61. The van der Waals surface area contributed by atoms with Crippen molar-refractivity contribution in [1.29, 1.82) is 0 Å². The average Bonchev–Trinajstić information content (AvgIpc) is 2.49. The summed E-state index contributed by atoms with van der Waals surface area (Å²) in [6.45, 7) is 5.43. The Kier molecular flexibility index (Phi) is 3.99. The lowest BCUT2D eigenvalue weighted by Crippen LogP contribution is -2.39. The third-order valence-corrected chi connectivity index (χ3v) is 3.57. The van der Waals surface area contributed by atoms with Crippen molar-refractivity contribution in [2.75, 3.05) is 44.7 Å². The first-order valence-electron chi connectivity index (χ1n) is 6.95. The zero-order valence-electron chi connectivity index (χ0n) is 11.4. The van der Waals surface area contributed by atoms with E-state index in [-0.39, 0.29) is 5.75 Å². The lowest BCUT2D eigenvalue weighted by atomic mass is 10.1. The van der Waals surface area contributed by atoms with Crippen molar-refractivity contribution in [2.45, 2.75) is 0 Å². The highest BCUT2D eigenvalue weighted by Crippen LogP contribution is 2.24. The smallest absolute Gasteiger partial charge is 0.133 e. The number of aromatic nitrogens is 1. The van der Waals surface area contributed by atoms with E-state index in [1.165, 1.54) is 0 Å². The molecule has 2 aromatic rings. The second-order valence-electron chi connectivity index (χ2n) is 4.95. The van der Waals surface area contributed by atoms with E-state index < -0.39 is 0 Å². The van der Waals surface area contributed by atoms with Crippen LogP contribution in [-0.2, 0) is 4.74 Å². The van der Waals surface area contributed by atoms with E-state index in [1.54, 1.807) is 18.3 Å². The zero-order chi connectivity index (χ0) is 13.8. The van der Waals surface area contributed by atoms with Gasteiger partial charge in [-0.3, -0.25) is 4.90 Å². The fourth-order valence-electron chi connectivity index (χ4n) is 2.45. The van der Waals surface area contributed by atoms with Crippen molar-refractivity contribution in [2.24, 2.45) is 0 Å².